The monoisotopic (exact) mass is 250 g/mol. The van der Waals surface area contributed by atoms with Crippen LogP contribution in [0.2, 0.25) is 0 Å². The third-order valence-electron chi connectivity index (χ3n) is 3.34. The molecule has 0 heterocycles. The molecule has 0 radical (unpaired) electrons. The van der Waals surface area contributed by atoms with Crippen LogP contribution >= 0.6 is 0 Å². The summed E-state index contributed by atoms with van der Waals surface area (Å²) in [6, 6.07) is 5.53. The van der Waals surface area contributed by atoms with Crippen LogP contribution in [0.5, 0.6) is 5.75 Å². The Morgan fingerprint density at radius 2 is 2.22 bits per heavy atom. The number of carbonyl (C=O) groups is 1. The zero-order valence-electron chi connectivity index (χ0n) is 10.6. The summed E-state index contributed by atoms with van der Waals surface area (Å²) in [5.74, 6) is -0.212. The van der Waals surface area contributed by atoms with Gasteiger partial charge in [-0.05, 0) is 49.9 Å². The van der Waals surface area contributed by atoms with Crippen LogP contribution in [0.1, 0.15) is 37.5 Å². The molecule has 0 saturated carbocycles. The van der Waals surface area contributed by atoms with E-state index in [9.17, 15) is 9.90 Å². The summed E-state index contributed by atoms with van der Waals surface area (Å²) in [6.07, 6.45) is 1.22. The van der Waals surface area contributed by atoms with Crippen molar-refractivity contribution in [2.45, 2.75) is 32.8 Å². The molecule has 0 bridgehead atoms. The molecule has 1 aromatic rings. The average Bonchev–Trinajstić information content (AvgIpc) is 2.68. The molecule has 0 aliphatic heterocycles. The topological polar surface area (TPSA) is 66.8 Å². The predicted molar refractivity (Wildman–Crippen MR) is 66.6 cm³/mol. The number of hydrogen-bond donors (Lipinski definition) is 2. The SMILES string of the molecule is CC(C)(COc1ccc2c(c1)CC[C@@H]2O)C(=O)O. The van der Waals surface area contributed by atoms with Gasteiger partial charge in [-0.15, -0.1) is 0 Å². The molecular formula is C14H18O4. The highest BCUT2D eigenvalue weighted by Crippen LogP contribution is 2.33. The lowest BCUT2D eigenvalue weighted by Gasteiger charge is -2.19. The van der Waals surface area contributed by atoms with Gasteiger partial charge in [-0.1, -0.05) is 6.07 Å². The number of ether oxygens (including phenoxy) is 1. The average molecular weight is 250 g/mol. The number of aliphatic hydroxyl groups excluding tert-OH is 1. The lowest BCUT2D eigenvalue weighted by Crippen LogP contribution is -2.30. The van der Waals surface area contributed by atoms with Crippen LogP contribution in [0.25, 0.3) is 0 Å². The Morgan fingerprint density at radius 1 is 1.50 bits per heavy atom. The second-order valence-electron chi connectivity index (χ2n) is 5.39. The van der Waals surface area contributed by atoms with Crippen molar-refractivity contribution in [1.82, 2.24) is 0 Å². The van der Waals surface area contributed by atoms with Gasteiger partial charge in [0.05, 0.1) is 11.5 Å². The summed E-state index contributed by atoms with van der Waals surface area (Å²) < 4.78 is 5.53. The Kier molecular flexibility index (Phi) is 3.30. The quantitative estimate of drug-likeness (QED) is 0.859. The molecule has 4 nitrogen and oxygen atoms in total. The molecule has 4 heteroatoms. The van der Waals surface area contributed by atoms with Gasteiger partial charge in [-0.25, -0.2) is 0 Å². The summed E-state index contributed by atoms with van der Waals surface area (Å²) in [5.41, 5.74) is 1.14. The summed E-state index contributed by atoms with van der Waals surface area (Å²) >= 11 is 0. The number of benzene rings is 1. The second-order valence-corrected chi connectivity index (χ2v) is 5.39. The van der Waals surface area contributed by atoms with Crippen LogP contribution in [0, 0.1) is 5.41 Å². The zero-order chi connectivity index (χ0) is 13.3. The van der Waals surface area contributed by atoms with Crippen LogP contribution in [0.3, 0.4) is 0 Å². The molecule has 2 rings (SSSR count). The van der Waals surface area contributed by atoms with Crippen molar-refractivity contribution in [1.29, 1.82) is 0 Å². The fourth-order valence-corrected chi connectivity index (χ4v) is 1.99. The first-order chi connectivity index (χ1) is 8.40. The molecule has 0 aromatic heterocycles. The standard InChI is InChI=1S/C14H18O4/c1-14(2,13(16)17)8-18-10-4-5-11-9(7-10)3-6-12(11)15/h4-5,7,12,15H,3,6,8H2,1-2H3,(H,16,17)/t12-/m0/s1. The maximum Gasteiger partial charge on any atom is 0.312 e. The molecule has 1 aliphatic carbocycles. The summed E-state index contributed by atoms with van der Waals surface area (Å²) in [4.78, 5) is 11.0. The van der Waals surface area contributed by atoms with E-state index in [4.69, 9.17) is 9.84 Å². The van der Waals surface area contributed by atoms with Gasteiger partial charge in [0.15, 0.2) is 0 Å². The van der Waals surface area contributed by atoms with Crippen LogP contribution in [-0.2, 0) is 11.2 Å². The Bertz CT molecular complexity index is 465. The maximum absolute atomic E-state index is 11.0. The molecule has 0 saturated heterocycles. The molecule has 2 N–H and O–H groups in total. The Balaban J connectivity index is 2.06. The predicted octanol–water partition coefficient (Wildman–Crippen LogP) is 2.16. The van der Waals surface area contributed by atoms with E-state index in [1.54, 1.807) is 19.9 Å². The molecule has 1 aromatic carbocycles. The molecular weight excluding hydrogens is 232 g/mol. The maximum atomic E-state index is 11.0. The molecule has 0 spiro atoms. The van der Waals surface area contributed by atoms with Crippen molar-refractivity contribution >= 4 is 5.97 Å². The van der Waals surface area contributed by atoms with Gasteiger partial charge >= 0.3 is 5.97 Å². The lowest BCUT2D eigenvalue weighted by molar-refractivity contribution is -0.148. The molecule has 1 aliphatic rings. The van der Waals surface area contributed by atoms with Gasteiger partial charge in [0.25, 0.3) is 0 Å². The first kappa shape index (κ1) is 12.9. The zero-order valence-corrected chi connectivity index (χ0v) is 10.6. The molecule has 0 fully saturated rings. The fraction of sp³-hybridized carbons (Fsp3) is 0.500. The molecule has 18 heavy (non-hydrogen) atoms. The highest BCUT2D eigenvalue weighted by Gasteiger charge is 2.28. The van der Waals surface area contributed by atoms with E-state index in [2.05, 4.69) is 0 Å². The van der Waals surface area contributed by atoms with E-state index in [0.29, 0.717) is 5.75 Å². The van der Waals surface area contributed by atoms with E-state index >= 15 is 0 Å². The van der Waals surface area contributed by atoms with Gasteiger partial charge in [-0.2, -0.15) is 0 Å². The Labute approximate surface area is 106 Å². The van der Waals surface area contributed by atoms with E-state index in [1.165, 1.54) is 0 Å². The normalized spacial score (nSPS) is 18.5. The van der Waals surface area contributed by atoms with Crippen LogP contribution in [0.15, 0.2) is 18.2 Å². The van der Waals surface area contributed by atoms with Crippen molar-refractivity contribution in [3.8, 4) is 5.75 Å². The first-order valence-corrected chi connectivity index (χ1v) is 6.07. The Morgan fingerprint density at radius 3 is 2.89 bits per heavy atom. The highest BCUT2D eigenvalue weighted by atomic mass is 16.5. The van der Waals surface area contributed by atoms with E-state index in [0.717, 1.165) is 24.0 Å². The van der Waals surface area contributed by atoms with E-state index < -0.39 is 11.4 Å². The van der Waals surface area contributed by atoms with Gasteiger partial charge < -0.3 is 14.9 Å². The minimum atomic E-state index is -0.904. The van der Waals surface area contributed by atoms with Gasteiger partial charge in [0.1, 0.15) is 12.4 Å². The molecule has 0 amide bonds. The van der Waals surface area contributed by atoms with Crippen molar-refractivity contribution in [2.75, 3.05) is 6.61 Å². The highest BCUT2D eigenvalue weighted by molar-refractivity contribution is 5.73. The molecule has 98 valence electrons. The van der Waals surface area contributed by atoms with Gasteiger partial charge in [0, 0.05) is 0 Å². The van der Waals surface area contributed by atoms with Gasteiger partial charge in [0.2, 0.25) is 0 Å². The van der Waals surface area contributed by atoms with E-state index in [-0.39, 0.29) is 12.7 Å². The number of fused-ring (bicyclic) bond motifs is 1. The number of aliphatic hydroxyl groups is 1. The van der Waals surface area contributed by atoms with Crippen molar-refractivity contribution in [3.05, 3.63) is 29.3 Å². The summed E-state index contributed by atoms with van der Waals surface area (Å²) in [6.45, 7) is 3.39. The minimum absolute atomic E-state index is 0.129. The third kappa shape index (κ3) is 2.48. The first-order valence-electron chi connectivity index (χ1n) is 6.07. The lowest BCUT2D eigenvalue weighted by atomic mass is 9.95. The van der Waals surface area contributed by atoms with Gasteiger partial charge in [-0.3, -0.25) is 4.79 Å². The van der Waals surface area contributed by atoms with Crippen LogP contribution < -0.4 is 4.74 Å². The number of carboxylic acids is 1. The largest absolute Gasteiger partial charge is 0.492 e. The number of hydrogen-bond acceptors (Lipinski definition) is 3. The van der Waals surface area contributed by atoms with Crippen molar-refractivity contribution < 1.29 is 19.7 Å². The number of rotatable bonds is 4. The number of aliphatic carboxylic acids is 1. The number of aryl methyl sites for hydroxylation is 1. The van der Waals surface area contributed by atoms with Crippen molar-refractivity contribution in [2.24, 2.45) is 5.41 Å². The second kappa shape index (κ2) is 4.61. The summed E-state index contributed by atoms with van der Waals surface area (Å²) in [7, 11) is 0. The third-order valence-corrected chi connectivity index (χ3v) is 3.34. The smallest absolute Gasteiger partial charge is 0.312 e. The fourth-order valence-electron chi connectivity index (χ4n) is 1.99. The molecule has 0 unspecified atom stereocenters. The van der Waals surface area contributed by atoms with Crippen LogP contribution in [0.4, 0.5) is 0 Å². The summed E-state index contributed by atoms with van der Waals surface area (Å²) in [5, 5.41) is 18.7. The Hall–Kier alpha value is -1.55. The van der Waals surface area contributed by atoms with Crippen molar-refractivity contribution in [3.63, 3.8) is 0 Å². The number of carboxylic acid groups (broad SMARTS) is 1. The molecule has 1 atom stereocenters. The minimum Gasteiger partial charge on any atom is -0.492 e. The van der Waals surface area contributed by atoms with E-state index in [1.807, 2.05) is 12.1 Å². The van der Waals surface area contributed by atoms with Crippen LogP contribution in [-0.4, -0.2) is 22.8 Å².